The summed E-state index contributed by atoms with van der Waals surface area (Å²) in [5.74, 6) is 0.0473. The third-order valence-corrected chi connectivity index (χ3v) is 5.58. The molecular weight excluding hydrogens is 382 g/mol. The van der Waals surface area contributed by atoms with Crippen molar-refractivity contribution >= 4 is 54.8 Å². The summed E-state index contributed by atoms with van der Waals surface area (Å²) in [5.41, 5.74) is 1.39. The fourth-order valence-electron chi connectivity index (χ4n) is 1.38. The van der Waals surface area contributed by atoms with Gasteiger partial charge in [-0.3, -0.25) is 4.79 Å². The maximum Gasteiger partial charge on any atom is 0.265 e. The maximum atomic E-state index is 12.0. The molecule has 0 unspecified atom stereocenters. The molecule has 0 fully saturated rings. The fourth-order valence-corrected chi connectivity index (χ4v) is 3.32. The number of amides is 1. The summed E-state index contributed by atoms with van der Waals surface area (Å²) in [6, 6.07) is 6.71. The molecule has 3 nitrogen and oxygen atoms in total. The van der Waals surface area contributed by atoms with Gasteiger partial charge in [0.1, 0.15) is 5.75 Å². The fraction of sp³-hybridized carbons (Fsp3) is 0.0833. The highest BCUT2D eigenvalue weighted by atomic mass is 79.9. The Morgan fingerprint density at radius 3 is 2.61 bits per heavy atom. The molecule has 1 heterocycles. The number of phenolic OH excluding ortho intramolecular Hbond substituents is 1. The Balaban J connectivity index is 2.18. The molecule has 0 aliphatic rings. The van der Waals surface area contributed by atoms with Gasteiger partial charge in [0.05, 0.1) is 8.66 Å². The third-order valence-electron chi connectivity index (χ3n) is 2.32. The van der Waals surface area contributed by atoms with E-state index < -0.39 is 0 Å². The molecule has 6 heteroatoms. The zero-order chi connectivity index (χ0) is 13.3. The van der Waals surface area contributed by atoms with Crippen molar-refractivity contribution in [1.82, 2.24) is 0 Å². The monoisotopic (exact) mass is 389 g/mol. The molecule has 0 radical (unpaired) electrons. The Morgan fingerprint density at radius 2 is 2.06 bits per heavy atom. The van der Waals surface area contributed by atoms with Crippen molar-refractivity contribution in [2.75, 3.05) is 5.32 Å². The summed E-state index contributed by atoms with van der Waals surface area (Å²) < 4.78 is 1.74. The number of carbonyl (C=O) groups excluding carboxylic acids is 1. The van der Waals surface area contributed by atoms with Crippen LogP contribution in [0.5, 0.6) is 5.75 Å². The van der Waals surface area contributed by atoms with Crippen LogP contribution in [0.2, 0.25) is 0 Å². The van der Waals surface area contributed by atoms with Gasteiger partial charge in [0, 0.05) is 10.2 Å². The first-order valence-electron chi connectivity index (χ1n) is 5.03. The van der Waals surface area contributed by atoms with Crippen LogP contribution >= 0.6 is 43.2 Å². The summed E-state index contributed by atoms with van der Waals surface area (Å²) in [4.78, 5) is 12.6. The lowest BCUT2D eigenvalue weighted by Crippen LogP contribution is -2.10. The number of anilines is 1. The summed E-state index contributed by atoms with van der Waals surface area (Å²) in [5, 5.41) is 12.2. The molecule has 0 bridgehead atoms. The molecule has 0 aliphatic heterocycles. The molecule has 0 spiro atoms. The van der Waals surface area contributed by atoms with Crippen molar-refractivity contribution in [2.24, 2.45) is 0 Å². The van der Waals surface area contributed by atoms with E-state index >= 15 is 0 Å². The summed E-state index contributed by atoms with van der Waals surface area (Å²) in [6.07, 6.45) is 0. The van der Waals surface area contributed by atoms with E-state index in [-0.39, 0.29) is 11.7 Å². The molecule has 0 atom stereocenters. The Kier molecular flexibility index (Phi) is 4.09. The molecule has 0 aliphatic carbocycles. The highest BCUT2D eigenvalue weighted by Crippen LogP contribution is 2.32. The molecule has 2 N–H and O–H groups in total. The van der Waals surface area contributed by atoms with Crippen LogP contribution in [-0.2, 0) is 0 Å². The minimum atomic E-state index is -0.170. The van der Waals surface area contributed by atoms with E-state index in [1.54, 1.807) is 31.2 Å². The van der Waals surface area contributed by atoms with Gasteiger partial charge in [0.15, 0.2) is 0 Å². The van der Waals surface area contributed by atoms with E-state index in [1.807, 2.05) is 0 Å². The number of hydrogen-bond donors (Lipinski definition) is 2. The predicted octanol–water partition coefficient (Wildman–Crippen LogP) is 4.54. The second-order valence-corrected chi connectivity index (χ2v) is 6.91. The molecule has 18 heavy (non-hydrogen) atoms. The van der Waals surface area contributed by atoms with Gasteiger partial charge in [-0.25, -0.2) is 0 Å². The summed E-state index contributed by atoms with van der Waals surface area (Å²) in [6.45, 7) is 1.78. The predicted molar refractivity (Wildman–Crippen MR) is 80.5 cm³/mol. The standard InChI is InChI=1S/C12H9Br2NO2S/c1-6-4-7(2-3-9(6)16)15-12(17)10-5-8(13)11(14)18-10/h2-5,16H,1H3,(H,15,17). The first-order valence-corrected chi connectivity index (χ1v) is 7.43. The maximum absolute atomic E-state index is 12.0. The van der Waals surface area contributed by atoms with E-state index in [2.05, 4.69) is 37.2 Å². The number of phenols is 1. The molecule has 1 aromatic carbocycles. The molecule has 0 saturated heterocycles. The normalized spacial score (nSPS) is 10.4. The largest absolute Gasteiger partial charge is 0.508 e. The second-order valence-electron chi connectivity index (χ2n) is 3.69. The number of carbonyl (C=O) groups is 1. The summed E-state index contributed by atoms with van der Waals surface area (Å²) in [7, 11) is 0. The van der Waals surface area contributed by atoms with Crippen LogP contribution in [0.25, 0.3) is 0 Å². The second kappa shape index (κ2) is 5.42. The lowest BCUT2D eigenvalue weighted by molar-refractivity contribution is 0.103. The Bertz CT molecular complexity index is 591. The third kappa shape index (κ3) is 2.93. The number of thiophene rings is 1. The number of rotatable bonds is 2. The van der Waals surface area contributed by atoms with E-state index in [1.165, 1.54) is 11.3 Å². The van der Waals surface area contributed by atoms with Crippen LogP contribution in [0.3, 0.4) is 0 Å². The Morgan fingerprint density at radius 1 is 1.33 bits per heavy atom. The van der Waals surface area contributed by atoms with Gasteiger partial charge < -0.3 is 10.4 Å². The molecule has 94 valence electrons. The average Bonchev–Trinajstić information content (AvgIpc) is 2.65. The zero-order valence-corrected chi connectivity index (χ0v) is 13.3. The van der Waals surface area contributed by atoms with Crippen LogP contribution in [0.4, 0.5) is 5.69 Å². The number of aromatic hydroxyl groups is 1. The van der Waals surface area contributed by atoms with E-state index in [0.29, 0.717) is 10.6 Å². The lowest BCUT2D eigenvalue weighted by Gasteiger charge is -2.05. The quantitative estimate of drug-likeness (QED) is 0.739. The van der Waals surface area contributed by atoms with Gasteiger partial charge in [-0.05, 0) is 68.6 Å². The Labute approximate surface area is 125 Å². The van der Waals surface area contributed by atoms with Crippen molar-refractivity contribution < 1.29 is 9.90 Å². The SMILES string of the molecule is Cc1cc(NC(=O)c2cc(Br)c(Br)s2)ccc1O. The van der Waals surface area contributed by atoms with Crippen LogP contribution in [0.1, 0.15) is 15.2 Å². The molecular formula is C12H9Br2NO2S. The molecule has 2 rings (SSSR count). The number of benzene rings is 1. The molecule has 1 amide bonds. The van der Waals surface area contributed by atoms with Crippen molar-refractivity contribution in [3.63, 3.8) is 0 Å². The topological polar surface area (TPSA) is 49.3 Å². The van der Waals surface area contributed by atoms with Gasteiger partial charge in [-0.2, -0.15) is 0 Å². The Hall–Kier alpha value is -0.850. The smallest absolute Gasteiger partial charge is 0.265 e. The highest BCUT2D eigenvalue weighted by molar-refractivity contribution is 9.13. The zero-order valence-electron chi connectivity index (χ0n) is 9.33. The van der Waals surface area contributed by atoms with E-state index in [9.17, 15) is 9.90 Å². The van der Waals surface area contributed by atoms with Crippen molar-refractivity contribution in [3.8, 4) is 5.75 Å². The van der Waals surface area contributed by atoms with Crippen molar-refractivity contribution in [2.45, 2.75) is 6.92 Å². The number of halogens is 2. The first kappa shape index (κ1) is 13.6. The minimum Gasteiger partial charge on any atom is -0.508 e. The van der Waals surface area contributed by atoms with E-state index in [0.717, 1.165) is 13.8 Å². The summed E-state index contributed by atoms with van der Waals surface area (Å²) >= 11 is 8.05. The number of nitrogens with one attached hydrogen (secondary N) is 1. The first-order chi connectivity index (χ1) is 8.47. The van der Waals surface area contributed by atoms with Crippen LogP contribution < -0.4 is 5.32 Å². The highest BCUT2D eigenvalue weighted by Gasteiger charge is 2.12. The minimum absolute atomic E-state index is 0.170. The van der Waals surface area contributed by atoms with Gasteiger partial charge in [-0.1, -0.05) is 0 Å². The molecule has 1 aromatic heterocycles. The van der Waals surface area contributed by atoms with Gasteiger partial charge in [-0.15, -0.1) is 11.3 Å². The number of aryl methyl sites for hydroxylation is 1. The average molecular weight is 391 g/mol. The van der Waals surface area contributed by atoms with Crippen molar-refractivity contribution in [3.05, 3.63) is 43.0 Å². The van der Waals surface area contributed by atoms with Crippen LogP contribution in [0, 0.1) is 6.92 Å². The van der Waals surface area contributed by atoms with Gasteiger partial charge in [0.25, 0.3) is 5.91 Å². The molecule has 0 saturated carbocycles. The molecule has 2 aromatic rings. The van der Waals surface area contributed by atoms with Crippen LogP contribution in [0.15, 0.2) is 32.5 Å². The lowest BCUT2D eigenvalue weighted by atomic mass is 10.2. The van der Waals surface area contributed by atoms with Crippen molar-refractivity contribution in [1.29, 1.82) is 0 Å². The van der Waals surface area contributed by atoms with Gasteiger partial charge in [0.2, 0.25) is 0 Å². The number of hydrogen-bond acceptors (Lipinski definition) is 3. The van der Waals surface area contributed by atoms with Gasteiger partial charge >= 0.3 is 0 Å². The van der Waals surface area contributed by atoms with Crippen LogP contribution in [-0.4, -0.2) is 11.0 Å². The van der Waals surface area contributed by atoms with E-state index in [4.69, 9.17) is 0 Å².